The van der Waals surface area contributed by atoms with E-state index in [4.69, 9.17) is 9.15 Å². The quantitative estimate of drug-likeness (QED) is 0.796. The van der Waals surface area contributed by atoms with E-state index in [2.05, 4.69) is 6.92 Å². The summed E-state index contributed by atoms with van der Waals surface area (Å²) in [5, 5.41) is 9.73. The molecule has 2 atom stereocenters. The molecule has 3 rings (SSSR count). The van der Waals surface area contributed by atoms with E-state index >= 15 is 0 Å². The maximum atomic E-state index is 13.3. The lowest BCUT2D eigenvalue weighted by Gasteiger charge is -2.39. The van der Waals surface area contributed by atoms with Crippen LogP contribution in [0.25, 0.3) is 0 Å². The number of carboxylic acid groups (broad SMARTS) is 1. The number of hydrogen-bond acceptors (Lipinski definition) is 5. The first-order valence-electron chi connectivity index (χ1n) is 10.7. The summed E-state index contributed by atoms with van der Waals surface area (Å²) in [5.41, 5.74) is -0.735. The van der Waals surface area contributed by atoms with E-state index in [9.17, 15) is 19.5 Å². The van der Waals surface area contributed by atoms with Gasteiger partial charge >= 0.3 is 12.1 Å². The van der Waals surface area contributed by atoms with Gasteiger partial charge in [-0.2, -0.15) is 0 Å². The van der Waals surface area contributed by atoms with Gasteiger partial charge in [-0.05, 0) is 64.5 Å². The van der Waals surface area contributed by atoms with Gasteiger partial charge in [-0.3, -0.25) is 9.69 Å². The minimum Gasteiger partial charge on any atom is -0.480 e. The summed E-state index contributed by atoms with van der Waals surface area (Å²) in [6.07, 6.45) is 4.70. The third-order valence-electron chi connectivity index (χ3n) is 5.93. The molecule has 2 amide bonds. The Kier molecular flexibility index (Phi) is 6.43. The summed E-state index contributed by atoms with van der Waals surface area (Å²) >= 11 is 0. The number of amides is 2. The molecule has 1 saturated carbocycles. The van der Waals surface area contributed by atoms with Crippen LogP contribution in [0.2, 0.25) is 0 Å². The van der Waals surface area contributed by atoms with Gasteiger partial charge in [-0.15, -0.1) is 0 Å². The zero-order valence-electron chi connectivity index (χ0n) is 18.2. The summed E-state index contributed by atoms with van der Waals surface area (Å²) in [7, 11) is 0. The van der Waals surface area contributed by atoms with Crippen molar-refractivity contribution in [2.24, 2.45) is 5.92 Å². The van der Waals surface area contributed by atoms with Crippen molar-refractivity contribution in [2.75, 3.05) is 6.54 Å². The first-order chi connectivity index (χ1) is 14.1. The Morgan fingerprint density at radius 3 is 2.37 bits per heavy atom. The van der Waals surface area contributed by atoms with E-state index in [0.717, 1.165) is 25.7 Å². The SMILES string of the molecule is CC1CCC(N(C(=O)c2ccco2)[C@H]2C[C@@H](C(=O)O)N(C(=O)OC(C)(C)C)C2)CC1. The summed E-state index contributed by atoms with van der Waals surface area (Å²) in [6.45, 7) is 7.55. The van der Waals surface area contributed by atoms with Crippen LogP contribution in [0.3, 0.4) is 0 Å². The number of carboxylic acids is 1. The molecule has 1 saturated heterocycles. The second-order valence-electron chi connectivity index (χ2n) is 9.48. The van der Waals surface area contributed by atoms with Gasteiger partial charge < -0.3 is 19.2 Å². The largest absolute Gasteiger partial charge is 0.480 e. The standard InChI is InChI=1S/C22H32N2O6/c1-14-7-9-15(10-8-14)24(19(25)18-6-5-11-29-18)16-12-17(20(26)27)23(13-16)21(28)30-22(2,3)4/h5-6,11,14-17H,7-10,12-13H2,1-4H3,(H,26,27)/t14?,15?,16-,17-/m0/s1. The average Bonchev–Trinajstić information content (AvgIpc) is 3.32. The molecule has 30 heavy (non-hydrogen) atoms. The molecule has 8 nitrogen and oxygen atoms in total. The van der Waals surface area contributed by atoms with Crippen LogP contribution in [0, 0.1) is 5.92 Å². The fraction of sp³-hybridized carbons (Fsp3) is 0.682. The summed E-state index contributed by atoms with van der Waals surface area (Å²) in [4.78, 5) is 40.9. The molecule has 166 valence electrons. The van der Waals surface area contributed by atoms with Crippen LogP contribution < -0.4 is 0 Å². The third kappa shape index (κ3) is 4.96. The maximum Gasteiger partial charge on any atom is 0.411 e. The lowest BCUT2D eigenvalue weighted by molar-refractivity contribution is -0.142. The van der Waals surface area contributed by atoms with Crippen LogP contribution in [0.5, 0.6) is 0 Å². The zero-order valence-corrected chi connectivity index (χ0v) is 18.2. The molecule has 0 unspecified atom stereocenters. The van der Waals surface area contributed by atoms with E-state index in [1.165, 1.54) is 11.2 Å². The van der Waals surface area contributed by atoms with Crippen LogP contribution in [0.15, 0.2) is 22.8 Å². The van der Waals surface area contributed by atoms with Crippen molar-refractivity contribution in [3.8, 4) is 0 Å². The minimum absolute atomic E-state index is 0.00293. The number of furan rings is 1. The van der Waals surface area contributed by atoms with E-state index in [-0.39, 0.29) is 30.7 Å². The normalized spacial score (nSPS) is 27.0. The van der Waals surface area contributed by atoms with E-state index in [0.29, 0.717) is 5.92 Å². The molecule has 2 fully saturated rings. The van der Waals surface area contributed by atoms with Gasteiger partial charge in [0.2, 0.25) is 0 Å². The Hall–Kier alpha value is -2.51. The van der Waals surface area contributed by atoms with E-state index < -0.39 is 29.7 Å². The van der Waals surface area contributed by atoms with Crippen molar-refractivity contribution in [3.63, 3.8) is 0 Å². The number of likely N-dealkylation sites (tertiary alicyclic amines) is 1. The summed E-state index contributed by atoms with van der Waals surface area (Å²) in [5.74, 6) is -0.502. The fourth-order valence-corrected chi connectivity index (χ4v) is 4.45. The van der Waals surface area contributed by atoms with Gasteiger partial charge in [0, 0.05) is 19.0 Å². The van der Waals surface area contributed by atoms with Gasteiger partial charge in [0.15, 0.2) is 5.76 Å². The average molecular weight is 421 g/mol. The molecule has 1 aliphatic carbocycles. The number of ether oxygens (including phenoxy) is 1. The Morgan fingerprint density at radius 2 is 1.83 bits per heavy atom. The number of hydrogen-bond donors (Lipinski definition) is 1. The van der Waals surface area contributed by atoms with Crippen LogP contribution in [-0.2, 0) is 9.53 Å². The van der Waals surface area contributed by atoms with Crippen LogP contribution in [-0.4, -0.2) is 63.1 Å². The second-order valence-corrected chi connectivity index (χ2v) is 9.48. The molecule has 1 aromatic rings. The van der Waals surface area contributed by atoms with Crippen molar-refractivity contribution in [1.29, 1.82) is 0 Å². The highest BCUT2D eigenvalue weighted by atomic mass is 16.6. The van der Waals surface area contributed by atoms with E-state index in [1.54, 1.807) is 37.8 Å². The highest BCUT2D eigenvalue weighted by Gasteiger charge is 2.46. The summed E-state index contributed by atoms with van der Waals surface area (Å²) < 4.78 is 10.8. The van der Waals surface area contributed by atoms with Crippen LogP contribution in [0.1, 0.15) is 70.4 Å². The predicted octanol–water partition coefficient (Wildman–Crippen LogP) is 3.76. The van der Waals surface area contributed by atoms with Crippen molar-refractivity contribution < 1.29 is 28.6 Å². The Bertz CT molecular complexity index is 761. The monoisotopic (exact) mass is 420 g/mol. The topological polar surface area (TPSA) is 100 Å². The van der Waals surface area contributed by atoms with Gasteiger partial charge in [0.25, 0.3) is 5.91 Å². The second kappa shape index (κ2) is 8.70. The first-order valence-corrected chi connectivity index (χ1v) is 10.7. The number of nitrogens with zero attached hydrogens (tertiary/aromatic N) is 2. The minimum atomic E-state index is -1.09. The van der Waals surface area contributed by atoms with Crippen molar-refractivity contribution in [2.45, 2.75) is 83.5 Å². The van der Waals surface area contributed by atoms with Gasteiger partial charge in [0.1, 0.15) is 11.6 Å². The number of carbonyl (C=O) groups is 3. The molecule has 0 spiro atoms. The molecule has 1 aromatic heterocycles. The van der Waals surface area contributed by atoms with E-state index in [1.807, 2.05) is 0 Å². The Labute approximate surface area is 177 Å². The highest BCUT2D eigenvalue weighted by Crippen LogP contribution is 2.33. The molecular formula is C22H32N2O6. The van der Waals surface area contributed by atoms with Crippen molar-refractivity contribution in [3.05, 3.63) is 24.2 Å². The smallest absolute Gasteiger partial charge is 0.411 e. The lowest BCUT2D eigenvalue weighted by Crippen LogP contribution is -2.50. The third-order valence-corrected chi connectivity index (χ3v) is 5.93. The molecule has 0 radical (unpaired) electrons. The number of aliphatic carboxylic acids is 1. The highest BCUT2D eigenvalue weighted by molar-refractivity contribution is 5.92. The van der Waals surface area contributed by atoms with Crippen LogP contribution >= 0.6 is 0 Å². The fourth-order valence-electron chi connectivity index (χ4n) is 4.45. The molecule has 8 heteroatoms. The molecule has 1 N–H and O–H groups in total. The van der Waals surface area contributed by atoms with Crippen LogP contribution in [0.4, 0.5) is 4.79 Å². The van der Waals surface area contributed by atoms with Crippen molar-refractivity contribution in [1.82, 2.24) is 9.80 Å². The maximum absolute atomic E-state index is 13.3. The van der Waals surface area contributed by atoms with Gasteiger partial charge in [-0.1, -0.05) is 6.92 Å². The van der Waals surface area contributed by atoms with Gasteiger partial charge in [0.05, 0.1) is 12.3 Å². The Balaban J connectivity index is 1.86. The van der Waals surface area contributed by atoms with Crippen molar-refractivity contribution >= 4 is 18.0 Å². The summed E-state index contributed by atoms with van der Waals surface area (Å²) in [6, 6.07) is 1.84. The molecule has 2 aliphatic rings. The molecule has 1 aliphatic heterocycles. The predicted molar refractivity (Wildman–Crippen MR) is 109 cm³/mol. The molecule has 2 heterocycles. The molecule has 0 bridgehead atoms. The van der Waals surface area contributed by atoms with Gasteiger partial charge in [-0.25, -0.2) is 9.59 Å². The first kappa shape index (κ1) is 22.2. The lowest BCUT2D eigenvalue weighted by atomic mass is 9.85. The number of rotatable bonds is 4. The Morgan fingerprint density at radius 1 is 1.17 bits per heavy atom. The number of carbonyl (C=O) groups excluding carboxylic acids is 2. The zero-order chi connectivity index (χ0) is 22.1. The molecule has 0 aromatic carbocycles. The molecular weight excluding hydrogens is 388 g/mol.